The van der Waals surface area contributed by atoms with E-state index in [0.29, 0.717) is 25.9 Å². The third-order valence-corrected chi connectivity index (χ3v) is 4.84. The minimum atomic E-state index is -0.486. The highest BCUT2D eigenvalue weighted by Gasteiger charge is 2.34. The Balaban J connectivity index is 1.99. The van der Waals surface area contributed by atoms with Crippen molar-refractivity contribution in [2.24, 2.45) is 11.8 Å². The van der Waals surface area contributed by atoms with Crippen LogP contribution in [0.5, 0.6) is 0 Å². The summed E-state index contributed by atoms with van der Waals surface area (Å²) in [6, 6.07) is 10.2. The number of carbonyl (C=O) groups excluding carboxylic acids is 2. The summed E-state index contributed by atoms with van der Waals surface area (Å²) in [7, 11) is 0. The molecule has 2 N–H and O–H groups in total. The molecule has 132 valence electrons. The monoisotopic (exact) mass is 333 g/mol. The first-order chi connectivity index (χ1) is 11.6. The summed E-state index contributed by atoms with van der Waals surface area (Å²) >= 11 is 0. The van der Waals surface area contributed by atoms with Gasteiger partial charge in [0.1, 0.15) is 0 Å². The molecule has 0 aliphatic carbocycles. The molecule has 0 radical (unpaired) electrons. The van der Waals surface area contributed by atoms with Crippen molar-refractivity contribution < 1.29 is 14.8 Å². The van der Waals surface area contributed by atoms with Gasteiger partial charge in [0.2, 0.25) is 11.8 Å². The maximum absolute atomic E-state index is 12.8. The van der Waals surface area contributed by atoms with Crippen LogP contribution in [0.2, 0.25) is 0 Å². The Morgan fingerprint density at radius 3 is 2.12 bits per heavy atom. The zero-order valence-electron chi connectivity index (χ0n) is 14.4. The topological polar surface area (TPSA) is 72.9 Å². The van der Waals surface area contributed by atoms with E-state index in [1.807, 2.05) is 36.9 Å². The average molecular weight is 333 g/mol. The van der Waals surface area contributed by atoms with E-state index in [9.17, 15) is 9.59 Å². The van der Waals surface area contributed by atoms with Crippen LogP contribution in [-0.4, -0.2) is 48.1 Å². The Labute approximate surface area is 143 Å². The molecule has 1 fully saturated rings. The number of hydroxylamine groups is 1. The van der Waals surface area contributed by atoms with Gasteiger partial charge in [-0.15, -0.1) is 0 Å². The Morgan fingerprint density at radius 2 is 1.62 bits per heavy atom. The van der Waals surface area contributed by atoms with Crippen molar-refractivity contribution in [3.05, 3.63) is 30.3 Å². The zero-order valence-corrected chi connectivity index (χ0v) is 14.4. The number of benzene rings is 1. The first kappa shape index (κ1) is 18.3. The molecule has 6 nitrogen and oxygen atoms in total. The third kappa shape index (κ3) is 4.06. The molecule has 1 heterocycles. The summed E-state index contributed by atoms with van der Waals surface area (Å²) < 4.78 is 0. The van der Waals surface area contributed by atoms with Crippen LogP contribution in [0, 0.1) is 11.8 Å². The fourth-order valence-electron chi connectivity index (χ4n) is 3.43. The van der Waals surface area contributed by atoms with Crippen molar-refractivity contribution in [2.45, 2.75) is 26.7 Å². The second kappa shape index (κ2) is 8.68. The number of para-hydroxylation sites is 1. The predicted molar refractivity (Wildman–Crippen MR) is 92.7 cm³/mol. The molecule has 1 aliphatic rings. The lowest BCUT2D eigenvalue weighted by Gasteiger charge is -2.38. The molecule has 0 aromatic heterocycles. The number of anilines is 1. The van der Waals surface area contributed by atoms with E-state index in [4.69, 9.17) is 5.21 Å². The van der Waals surface area contributed by atoms with Crippen LogP contribution in [0.4, 0.5) is 5.69 Å². The second-order valence-corrected chi connectivity index (χ2v) is 6.15. The minimum Gasteiger partial charge on any atom is -0.368 e. The maximum atomic E-state index is 12.8. The first-order valence-corrected chi connectivity index (χ1v) is 8.65. The van der Waals surface area contributed by atoms with Gasteiger partial charge >= 0.3 is 0 Å². The highest BCUT2D eigenvalue weighted by Crippen LogP contribution is 2.24. The van der Waals surface area contributed by atoms with Gasteiger partial charge in [0, 0.05) is 37.8 Å². The maximum Gasteiger partial charge on any atom is 0.247 e. The van der Waals surface area contributed by atoms with Crippen molar-refractivity contribution >= 4 is 17.5 Å². The number of amides is 2. The molecule has 2 atom stereocenters. The molecule has 2 rings (SSSR count). The highest BCUT2D eigenvalue weighted by molar-refractivity contribution is 5.87. The summed E-state index contributed by atoms with van der Waals surface area (Å²) in [5.74, 6) is -1.33. The van der Waals surface area contributed by atoms with Gasteiger partial charge in [0.25, 0.3) is 0 Å². The summed E-state index contributed by atoms with van der Waals surface area (Å²) in [6.07, 6.45) is 1.12. The van der Waals surface area contributed by atoms with Crippen molar-refractivity contribution in [3.8, 4) is 0 Å². The summed E-state index contributed by atoms with van der Waals surface area (Å²) in [4.78, 5) is 28.8. The second-order valence-electron chi connectivity index (χ2n) is 6.15. The molecule has 0 spiro atoms. The van der Waals surface area contributed by atoms with Gasteiger partial charge in [-0.05, 0) is 25.0 Å². The molecule has 0 bridgehead atoms. The van der Waals surface area contributed by atoms with E-state index < -0.39 is 11.8 Å². The van der Waals surface area contributed by atoms with Crippen molar-refractivity contribution in [3.63, 3.8) is 0 Å². The first-order valence-electron chi connectivity index (χ1n) is 8.65. The van der Waals surface area contributed by atoms with E-state index in [-0.39, 0.29) is 11.8 Å². The van der Waals surface area contributed by atoms with Crippen molar-refractivity contribution in [1.82, 2.24) is 10.4 Å². The van der Waals surface area contributed by atoms with Gasteiger partial charge in [-0.1, -0.05) is 32.0 Å². The van der Waals surface area contributed by atoms with Gasteiger partial charge in [-0.25, -0.2) is 5.48 Å². The van der Waals surface area contributed by atoms with Gasteiger partial charge in [-0.3, -0.25) is 14.8 Å². The van der Waals surface area contributed by atoms with E-state index in [1.54, 1.807) is 5.48 Å². The molecule has 2 unspecified atom stereocenters. The molecule has 2 amide bonds. The average Bonchev–Trinajstić information content (AvgIpc) is 2.65. The lowest BCUT2D eigenvalue weighted by atomic mass is 9.86. The van der Waals surface area contributed by atoms with Crippen LogP contribution in [0.3, 0.4) is 0 Å². The number of nitrogens with zero attached hydrogens (tertiary/aromatic N) is 2. The normalized spacial score (nSPS) is 17.3. The van der Waals surface area contributed by atoms with Crippen LogP contribution >= 0.6 is 0 Å². The van der Waals surface area contributed by atoms with Gasteiger partial charge in [0.05, 0.1) is 5.92 Å². The molecule has 1 aromatic carbocycles. The molecule has 1 aromatic rings. The molecule has 0 saturated carbocycles. The fourth-order valence-corrected chi connectivity index (χ4v) is 3.43. The molecule has 6 heteroatoms. The number of carbonyl (C=O) groups is 2. The standard InChI is InChI=1S/C18H27N3O3/c1-3-15(17(22)19-24)16(4-2)18(23)21-12-10-20(11-13-21)14-8-6-5-7-9-14/h5-9,15-16,24H,3-4,10-13H2,1-2H3,(H,19,22). The number of hydrogen-bond acceptors (Lipinski definition) is 4. The number of nitrogens with one attached hydrogen (secondary N) is 1. The summed E-state index contributed by atoms with van der Waals surface area (Å²) in [5, 5.41) is 8.90. The van der Waals surface area contributed by atoms with Gasteiger partial charge in [0.15, 0.2) is 0 Å². The third-order valence-electron chi connectivity index (χ3n) is 4.84. The van der Waals surface area contributed by atoms with E-state index in [0.717, 1.165) is 13.1 Å². The van der Waals surface area contributed by atoms with Crippen molar-refractivity contribution in [2.75, 3.05) is 31.1 Å². The Hall–Kier alpha value is -2.08. The summed E-state index contributed by atoms with van der Waals surface area (Å²) in [5.41, 5.74) is 2.87. The lowest BCUT2D eigenvalue weighted by Crippen LogP contribution is -2.52. The molecule has 24 heavy (non-hydrogen) atoms. The van der Waals surface area contributed by atoms with Crippen LogP contribution in [0.1, 0.15) is 26.7 Å². The molecular weight excluding hydrogens is 306 g/mol. The SMILES string of the molecule is CCC(C(=O)NO)C(CC)C(=O)N1CCN(c2ccccc2)CC1. The van der Waals surface area contributed by atoms with Crippen LogP contribution < -0.4 is 10.4 Å². The van der Waals surface area contributed by atoms with Gasteiger partial charge in [-0.2, -0.15) is 0 Å². The van der Waals surface area contributed by atoms with E-state index >= 15 is 0 Å². The Bertz CT molecular complexity index is 542. The zero-order chi connectivity index (χ0) is 17.5. The van der Waals surface area contributed by atoms with E-state index in [1.165, 1.54) is 5.69 Å². The smallest absolute Gasteiger partial charge is 0.247 e. The Kier molecular flexibility index (Phi) is 6.61. The van der Waals surface area contributed by atoms with Crippen molar-refractivity contribution in [1.29, 1.82) is 0 Å². The van der Waals surface area contributed by atoms with Gasteiger partial charge < -0.3 is 9.80 Å². The number of hydrogen-bond donors (Lipinski definition) is 2. The molecule has 1 saturated heterocycles. The minimum absolute atomic E-state index is 0.0145. The largest absolute Gasteiger partial charge is 0.368 e. The van der Waals surface area contributed by atoms with Crippen LogP contribution in [-0.2, 0) is 9.59 Å². The Morgan fingerprint density at radius 1 is 1.04 bits per heavy atom. The molecular formula is C18H27N3O3. The highest BCUT2D eigenvalue weighted by atomic mass is 16.5. The fraction of sp³-hybridized carbons (Fsp3) is 0.556. The quantitative estimate of drug-likeness (QED) is 0.616. The van der Waals surface area contributed by atoms with Crippen LogP contribution in [0.25, 0.3) is 0 Å². The number of rotatable bonds is 6. The van der Waals surface area contributed by atoms with Crippen LogP contribution in [0.15, 0.2) is 30.3 Å². The lowest BCUT2D eigenvalue weighted by molar-refractivity contribution is -0.145. The molecule has 1 aliphatic heterocycles. The van der Waals surface area contributed by atoms with E-state index in [2.05, 4.69) is 17.0 Å². The summed E-state index contributed by atoms with van der Waals surface area (Å²) in [6.45, 7) is 6.66. The number of piperazine rings is 1. The predicted octanol–water partition coefficient (Wildman–Crippen LogP) is 1.89.